The molecule has 0 unspecified atom stereocenters. The molecule has 1 saturated heterocycles. The summed E-state index contributed by atoms with van der Waals surface area (Å²) >= 11 is 0. The number of carbonyl (C=O) groups excluding carboxylic acids is 1. The highest BCUT2D eigenvalue weighted by Crippen LogP contribution is 2.25. The van der Waals surface area contributed by atoms with Crippen LogP contribution in [0.4, 0.5) is 14.5 Å². The van der Waals surface area contributed by atoms with E-state index in [0.717, 1.165) is 62.3 Å². The first-order valence-corrected chi connectivity index (χ1v) is 12.2. The number of hydrogen-bond donors (Lipinski definition) is 1. The summed E-state index contributed by atoms with van der Waals surface area (Å²) in [5.41, 5.74) is 2.55. The third-order valence-electron chi connectivity index (χ3n) is 6.49. The van der Waals surface area contributed by atoms with Crippen molar-refractivity contribution < 1.29 is 23.0 Å². The van der Waals surface area contributed by atoms with Crippen LogP contribution in [-0.4, -0.2) is 67.4 Å². The smallest absolute Gasteiger partial charge is 0.258 e. The molecule has 2 aliphatic heterocycles. The average Bonchev–Trinajstić information content (AvgIpc) is 3.29. The van der Waals surface area contributed by atoms with E-state index in [4.69, 9.17) is 9.47 Å². The Balaban J connectivity index is 1.27. The van der Waals surface area contributed by atoms with Crippen molar-refractivity contribution in [1.29, 1.82) is 0 Å². The molecule has 0 saturated carbocycles. The van der Waals surface area contributed by atoms with Gasteiger partial charge in [-0.25, -0.2) is 13.8 Å². The zero-order chi connectivity index (χ0) is 25.9. The minimum Gasteiger partial charge on any atom is -0.434 e. The Morgan fingerprint density at radius 1 is 1.05 bits per heavy atom. The molecule has 10 heteroatoms. The van der Waals surface area contributed by atoms with Gasteiger partial charge >= 0.3 is 0 Å². The summed E-state index contributed by atoms with van der Waals surface area (Å²) in [6.45, 7) is 9.09. The number of ether oxygens (including phenoxy) is 2. The van der Waals surface area contributed by atoms with Crippen molar-refractivity contribution in [2.75, 3.05) is 56.4 Å². The van der Waals surface area contributed by atoms with Crippen molar-refractivity contribution in [3.63, 3.8) is 0 Å². The van der Waals surface area contributed by atoms with Gasteiger partial charge in [-0.15, -0.1) is 0 Å². The molecule has 2 aliphatic rings. The summed E-state index contributed by atoms with van der Waals surface area (Å²) in [6.07, 6.45) is 1.96. The lowest BCUT2D eigenvalue weighted by Crippen LogP contribution is -2.47. The Morgan fingerprint density at radius 3 is 2.65 bits per heavy atom. The largest absolute Gasteiger partial charge is 0.434 e. The highest BCUT2D eigenvalue weighted by molar-refractivity contribution is 6.04. The molecule has 1 fully saturated rings. The van der Waals surface area contributed by atoms with Crippen molar-refractivity contribution >= 4 is 17.5 Å². The Hall–Kier alpha value is -3.76. The number of halogens is 2. The fourth-order valence-electron chi connectivity index (χ4n) is 4.43. The molecule has 0 bridgehead atoms. The second kappa shape index (κ2) is 10.7. The Kier molecular flexibility index (Phi) is 7.20. The number of rotatable bonds is 6. The van der Waals surface area contributed by atoms with Crippen LogP contribution in [0.1, 0.15) is 27.2 Å². The number of aryl methyl sites for hydroxylation is 2. The lowest BCUT2D eigenvalue weighted by Gasteiger charge is -2.33. The zero-order valence-corrected chi connectivity index (χ0v) is 20.8. The van der Waals surface area contributed by atoms with E-state index < -0.39 is 17.5 Å². The van der Waals surface area contributed by atoms with Crippen molar-refractivity contribution in [3.8, 4) is 5.75 Å². The second-order valence-electron chi connectivity index (χ2n) is 9.17. The van der Waals surface area contributed by atoms with Crippen LogP contribution in [0.15, 0.2) is 53.7 Å². The van der Waals surface area contributed by atoms with Gasteiger partial charge in [0.2, 0.25) is 5.90 Å². The summed E-state index contributed by atoms with van der Waals surface area (Å²) in [5.74, 6) is -1.67. The van der Waals surface area contributed by atoms with E-state index in [-0.39, 0.29) is 17.0 Å². The van der Waals surface area contributed by atoms with E-state index in [0.29, 0.717) is 12.6 Å². The van der Waals surface area contributed by atoms with E-state index >= 15 is 0 Å². The van der Waals surface area contributed by atoms with Gasteiger partial charge in [0.05, 0.1) is 18.8 Å². The van der Waals surface area contributed by atoms with E-state index in [1.165, 1.54) is 24.3 Å². The standard InChI is InChI=1S/C27H29F2N5O3/c1-18-3-5-22(28)21(15-18)26(35)31-20-4-6-24(23(29)16-20)37-27-25-19(2)7-8-34(25)33(17-30-27)10-9-32-11-13-36-14-12-32/h3-8,15-16H,9-14,17H2,1-2H3,(H,31,35). The maximum Gasteiger partial charge on any atom is 0.258 e. The van der Waals surface area contributed by atoms with Crippen LogP contribution in [0, 0.1) is 25.5 Å². The number of aliphatic imine (C=N–C) groups is 1. The number of nitrogens with zero attached hydrogens (tertiary/aromatic N) is 4. The number of benzene rings is 2. The first-order chi connectivity index (χ1) is 17.9. The minimum absolute atomic E-state index is 0.0209. The minimum atomic E-state index is -0.671. The van der Waals surface area contributed by atoms with Crippen LogP contribution in [0.3, 0.4) is 0 Å². The summed E-state index contributed by atoms with van der Waals surface area (Å²) in [4.78, 5) is 19.4. The SMILES string of the molecule is Cc1ccc(F)c(C(=O)Nc2ccc(OC3=NCN(CCN4CCOCC4)n4ccc(C)c43)c(F)c2)c1. The Bertz CT molecular complexity index is 1330. The van der Waals surface area contributed by atoms with Gasteiger partial charge in [0.1, 0.15) is 18.2 Å². The third-order valence-corrected chi connectivity index (χ3v) is 6.49. The predicted octanol–water partition coefficient (Wildman–Crippen LogP) is 3.70. The van der Waals surface area contributed by atoms with Gasteiger partial charge in [0.15, 0.2) is 11.6 Å². The molecule has 0 radical (unpaired) electrons. The average molecular weight is 510 g/mol. The summed E-state index contributed by atoms with van der Waals surface area (Å²) in [5, 5.41) is 4.65. The topological polar surface area (TPSA) is 71.3 Å². The molecular formula is C27H29F2N5O3. The van der Waals surface area contributed by atoms with Crippen molar-refractivity contribution in [3.05, 3.63) is 82.7 Å². The highest BCUT2D eigenvalue weighted by Gasteiger charge is 2.25. The molecule has 0 aliphatic carbocycles. The van der Waals surface area contributed by atoms with Gasteiger partial charge in [-0.3, -0.25) is 19.4 Å². The summed E-state index contributed by atoms with van der Waals surface area (Å²) in [6, 6.07) is 10.3. The molecule has 1 N–H and O–H groups in total. The van der Waals surface area contributed by atoms with E-state index in [2.05, 4.69) is 20.2 Å². The van der Waals surface area contributed by atoms with Crippen LogP contribution in [0.2, 0.25) is 0 Å². The maximum absolute atomic E-state index is 15.0. The maximum atomic E-state index is 15.0. The molecule has 3 aromatic rings. The fourth-order valence-corrected chi connectivity index (χ4v) is 4.43. The number of aromatic nitrogens is 1. The number of anilines is 1. The van der Waals surface area contributed by atoms with E-state index in [1.807, 2.05) is 23.9 Å². The first-order valence-electron chi connectivity index (χ1n) is 12.2. The summed E-state index contributed by atoms with van der Waals surface area (Å²) < 4.78 is 42.3. The lowest BCUT2D eigenvalue weighted by molar-refractivity contribution is 0.0386. The summed E-state index contributed by atoms with van der Waals surface area (Å²) in [7, 11) is 0. The van der Waals surface area contributed by atoms with Crippen molar-refractivity contribution in [1.82, 2.24) is 9.58 Å². The third kappa shape index (κ3) is 5.50. The van der Waals surface area contributed by atoms with Gasteiger partial charge < -0.3 is 14.8 Å². The normalized spacial score (nSPS) is 15.8. The van der Waals surface area contributed by atoms with Crippen LogP contribution in [0.5, 0.6) is 5.75 Å². The quantitative estimate of drug-likeness (QED) is 0.549. The van der Waals surface area contributed by atoms with Gasteiger partial charge in [-0.2, -0.15) is 0 Å². The van der Waals surface area contributed by atoms with Crippen molar-refractivity contribution in [2.24, 2.45) is 4.99 Å². The van der Waals surface area contributed by atoms with Gasteiger partial charge in [-0.1, -0.05) is 11.6 Å². The molecule has 1 aromatic heterocycles. The molecule has 37 heavy (non-hydrogen) atoms. The molecule has 5 rings (SSSR count). The number of hydrogen-bond acceptors (Lipinski definition) is 6. The molecule has 0 atom stereocenters. The van der Waals surface area contributed by atoms with Gasteiger partial charge in [0, 0.05) is 44.1 Å². The number of morpholine rings is 1. The molecule has 1 amide bonds. The van der Waals surface area contributed by atoms with Crippen LogP contribution >= 0.6 is 0 Å². The number of fused-ring (bicyclic) bond motifs is 1. The van der Waals surface area contributed by atoms with Crippen LogP contribution < -0.4 is 15.1 Å². The van der Waals surface area contributed by atoms with E-state index in [1.54, 1.807) is 13.0 Å². The second-order valence-corrected chi connectivity index (χ2v) is 9.17. The number of nitrogens with one attached hydrogen (secondary N) is 1. The predicted molar refractivity (Wildman–Crippen MR) is 137 cm³/mol. The first kappa shape index (κ1) is 24.9. The number of amides is 1. The zero-order valence-electron chi connectivity index (χ0n) is 20.8. The van der Waals surface area contributed by atoms with Crippen molar-refractivity contribution in [2.45, 2.75) is 13.8 Å². The Morgan fingerprint density at radius 2 is 1.86 bits per heavy atom. The van der Waals surface area contributed by atoms with Gasteiger partial charge in [-0.05, 0) is 49.7 Å². The molecule has 3 heterocycles. The fraction of sp³-hybridized carbons (Fsp3) is 0.333. The number of carbonyl (C=O) groups is 1. The van der Waals surface area contributed by atoms with Gasteiger partial charge in [0.25, 0.3) is 5.91 Å². The van der Waals surface area contributed by atoms with Crippen LogP contribution in [-0.2, 0) is 4.74 Å². The molecule has 8 nitrogen and oxygen atoms in total. The lowest BCUT2D eigenvalue weighted by atomic mass is 10.1. The molecule has 0 spiro atoms. The monoisotopic (exact) mass is 509 g/mol. The highest BCUT2D eigenvalue weighted by atomic mass is 19.1. The Labute approximate surface area is 214 Å². The molecular weight excluding hydrogens is 480 g/mol. The molecule has 2 aromatic carbocycles. The van der Waals surface area contributed by atoms with E-state index in [9.17, 15) is 13.6 Å². The molecule has 194 valence electrons. The van der Waals surface area contributed by atoms with Crippen LogP contribution in [0.25, 0.3) is 0 Å².